The molecule has 0 aromatic heterocycles. The van der Waals surface area contributed by atoms with Crippen molar-refractivity contribution in [2.24, 2.45) is 0 Å². The van der Waals surface area contributed by atoms with E-state index in [9.17, 15) is 14.4 Å². The maximum absolute atomic E-state index is 12.0. The number of ether oxygens (including phenoxy) is 9. The van der Waals surface area contributed by atoms with Gasteiger partial charge in [-0.25, -0.2) is 0 Å². The molecule has 0 atom stereocenters. The highest BCUT2D eigenvalue weighted by Crippen LogP contribution is 2.13. The number of aliphatic carboxylic acids is 1. The van der Waals surface area contributed by atoms with Gasteiger partial charge in [-0.3, -0.25) is 14.4 Å². The van der Waals surface area contributed by atoms with Crippen LogP contribution in [0.5, 0.6) is 0 Å². The molecule has 0 saturated carbocycles. The van der Waals surface area contributed by atoms with Crippen LogP contribution in [0.4, 0.5) is 0 Å². The lowest BCUT2D eigenvalue weighted by molar-refractivity contribution is -0.137. The Hall–Kier alpha value is -1.47. The average Bonchev–Trinajstić information content (AvgIpc) is 3.19. The van der Waals surface area contributed by atoms with Crippen molar-refractivity contribution in [3.8, 4) is 0 Å². The topological polar surface area (TPSA) is 179 Å². The molecule has 332 valence electrons. The zero-order chi connectivity index (χ0) is 40.7. The van der Waals surface area contributed by atoms with Crippen molar-refractivity contribution in [3.05, 3.63) is 0 Å². The van der Waals surface area contributed by atoms with Crippen molar-refractivity contribution in [2.75, 3.05) is 137 Å². The van der Waals surface area contributed by atoms with Gasteiger partial charge in [0.2, 0.25) is 11.8 Å². The summed E-state index contributed by atoms with van der Waals surface area (Å²) in [4.78, 5) is 33.5. The molecule has 0 radical (unpaired) electrons. The van der Waals surface area contributed by atoms with E-state index in [1.165, 1.54) is 57.8 Å². The standard InChI is InChI=1S/C40H77BrN2O13/c41-37-39(45)43-18-20-49-22-24-51-26-28-53-30-32-55-34-36-56-35-33-54-31-29-52-27-25-50-23-21-48-19-17-42-38(44)15-13-11-9-7-5-3-1-2-4-6-8-10-12-14-16-40(46)47/h1-37H2,(H,42,44)(H,43,45)(H,46,47). The van der Waals surface area contributed by atoms with Crippen molar-refractivity contribution in [1.29, 1.82) is 0 Å². The van der Waals surface area contributed by atoms with E-state index in [1.807, 2.05) is 0 Å². The first-order chi connectivity index (χ1) is 27.6. The number of amides is 2. The van der Waals surface area contributed by atoms with Crippen LogP contribution >= 0.6 is 15.9 Å². The van der Waals surface area contributed by atoms with Gasteiger partial charge in [0.25, 0.3) is 0 Å². The predicted molar refractivity (Wildman–Crippen MR) is 219 cm³/mol. The van der Waals surface area contributed by atoms with E-state index >= 15 is 0 Å². The first-order valence-electron chi connectivity index (χ1n) is 21.1. The molecule has 0 aromatic rings. The van der Waals surface area contributed by atoms with Crippen LogP contribution in [0.25, 0.3) is 0 Å². The Morgan fingerprint density at radius 2 is 0.571 bits per heavy atom. The summed E-state index contributed by atoms with van der Waals surface area (Å²) in [5.41, 5.74) is 0. The number of carboxylic acids is 1. The van der Waals surface area contributed by atoms with Crippen LogP contribution in [0.1, 0.15) is 103 Å². The number of carboxylic acid groups (broad SMARTS) is 1. The first-order valence-corrected chi connectivity index (χ1v) is 22.2. The summed E-state index contributed by atoms with van der Waals surface area (Å²) in [6.07, 6.45) is 17.3. The van der Waals surface area contributed by atoms with Gasteiger partial charge in [0.05, 0.1) is 124 Å². The van der Waals surface area contributed by atoms with Crippen molar-refractivity contribution < 1.29 is 62.1 Å². The Bertz CT molecular complexity index is 848. The second-order valence-corrected chi connectivity index (χ2v) is 13.7. The Labute approximate surface area is 345 Å². The normalized spacial score (nSPS) is 11.3. The zero-order valence-electron chi connectivity index (χ0n) is 34.4. The molecule has 0 aliphatic rings. The van der Waals surface area contributed by atoms with E-state index in [0.29, 0.717) is 150 Å². The molecule has 0 heterocycles. The number of carbonyl (C=O) groups excluding carboxylic acids is 2. The molecule has 16 heteroatoms. The van der Waals surface area contributed by atoms with E-state index in [-0.39, 0.29) is 11.8 Å². The molecule has 3 N–H and O–H groups in total. The molecule has 56 heavy (non-hydrogen) atoms. The largest absolute Gasteiger partial charge is 0.481 e. The summed E-state index contributed by atoms with van der Waals surface area (Å²) in [6, 6.07) is 0. The lowest BCUT2D eigenvalue weighted by Crippen LogP contribution is -2.28. The number of unbranched alkanes of at least 4 members (excludes halogenated alkanes) is 13. The SMILES string of the molecule is O=C(O)CCCCCCCCCCCCCCCCC(=O)NCCOCCOCCOCCOCCOCCOCCOCCOCCOCCNC(=O)CBr. The monoisotopic (exact) mass is 872 g/mol. The molecule has 0 unspecified atom stereocenters. The van der Waals surface area contributed by atoms with E-state index in [1.54, 1.807) is 0 Å². The van der Waals surface area contributed by atoms with Gasteiger partial charge < -0.3 is 58.4 Å². The van der Waals surface area contributed by atoms with E-state index in [0.717, 1.165) is 32.1 Å². The maximum atomic E-state index is 12.0. The van der Waals surface area contributed by atoms with Crippen LogP contribution in [0.2, 0.25) is 0 Å². The van der Waals surface area contributed by atoms with Gasteiger partial charge in [-0.05, 0) is 12.8 Å². The Balaban J connectivity index is 3.15. The number of rotatable bonds is 48. The van der Waals surface area contributed by atoms with E-state index < -0.39 is 5.97 Å². The summed E-state index contributed by atoms with van der Waals surface area (Å²) >= 11 is 3.08. The smallest absolute Gasteiger partial charge is 0.303 e. The third-order valence-corrected chi connectivity index (χ3v) is 8.79. The number of alkyl halides is 1. The number of nitrogens with one attached hydrogen (secondary N) is 2. The second-order valence-electron chi connectivity index (χ2n) is 13.2. The molecule has 15 nitrogen and oxygen atoms in total. The van der Waals surface area contributed by atoms with Crippen LogP contribution in [0, 0.1) is 0 Å². The van der Waals surface area contributed by atoms with Crippen molar-refractivity contribution in [2.45, 2.75) is 103 Å². The fourth-order valence-electron chi connectivity index (χ4n) is 5.21. The first kappa shape index (κ1) is 54.5. The van der Waals surface area contributed by atoms with Crippen molar-refractivity contribution in [1.82, 2.24) is 10.6 Å². The minimum Gasteiger partial charge on any atom is -0.481 e. The van der Waals surface area contributed by atoms with Gasteiger partial charge in [-0.15, -0.1) is 0 Å². The van der Waals surface area contributed by atoms with Crippen LogP contribution in [-0.4, -0.2) is 160 Å². The Morgan fingerprint density at radius 1 is 0.339 bits per heavy atom. The summed E-state index contributed by atoms with van der Waals surface area (Å²) in [5.74, 6) is -0.653. The van der Waals surface area contributed by atoms with Gasteiger partial charge in [0, 0.05) is 25.9 Å². The molecular weight excluding hydrogens is 796 g/mol. The molecule has 0 aliphatic heterocycles. The number of hydrogen-bond donors (Lipinski definition) is 3. The number of halogens is 1. The van der Waals surface area contributed by atoms with Crippen LogP contribution < -0.4 is 10.6 Å². The van der Waals surface area contributed by atoms with Gasteiger partial charge in [-0.1, -0.05) is 93.0 Å². The summed E-state index contributed by atoms with van der Waals surface area (Å²) in [6.45, 7) is 9.70. The minimum absolute atomic E-state index is 0.0597. The molecule has 0 bridgehead atoms. The Morgan fingerprint density at radius 3 is 0.839 bits per heavy atom. The lowest BCUT2D eigenvalue weighted by atomic mass is 10.0. The van der Waals surface area contributed by atoms with E-state index in [4.69, 9.17) is 47.7 Å². The quantitative estimate of drug-likeness (QED) is 0.0545. The highest BCUT2D eigenvalue weighted by Gasteiger charge is 2.02. The highest BCUT2D eigenvalue weighted by molar-refractivity contribution is 9.09. The fourth-order valence-corrected chi connectivity index (χ4v) is 5.40. The molecule has 0 fully saturated rings. The minimum atomic E-state index is -0.685. The highest BCUT2D eigenvalue weighted by atomic mass is 79.9. The maximum Gasteiger partial charge on any atom is 0.303 e. The van der Waals surface area contributed by atoms with Crippen molar-refractivity contribution >= 4 is 33.7 Å². The molecule has 0 aliphatic carbocycles. The molecule has 0 rings (SSSR count). The third kappa shape index (κ3) is 48.7. The average molecular weight is 874 g/mol. The lowest BCUT2D eigenvalue weighted by Gasteiger charge is -2.09. The zero-order valence-corrected chi connectivity index (χ0v) is 36.0. The number of hydrogen-bond acceptors (Lipinski definition) is 12. The molecule has 2 amide bonds. The molecular formula is C40H77BrN2O13. The van der Waals surface area contributed by atoms with Crippen LogP contribution in [0.3, 0.4) is 0 Å². The van der Waals surface area contributed by atoms with Gasteiger partial charge in [0.15, 0.2) is 0 Å². The van der Waals surface area contributed by atoms with Gasteiger partial charge in [-0.2, -0.15) is 0 Å². The fraction of sp³-hybridized carbons (Fsp3) is 0.925. The predicted octanol–water partition coefficient (Wildman–Crippen LogP) is 5.09. The van der Waals surface area contributed by atoms with Gasteiger partial charge in [0.1, 0.15) is 0 Å². The van der Waals surface area contributed by atoms with E-state index in [2.05, 4.69) is 26.6 Å². The van der Waals surface area contributed by atoms with Crippen LogP contribution in [-0.2, 0) is 57.0 Å². The summed E-state index contributed by atoms with van der Waals surface area (Å²) < 4.78 is 49.2. The summed E-state index contributed by atoms with van der Waals surface area (Å²) in [7, 11) is 0. The summed E-state index contributed by atoms with van der Waals surface area (Å²) in [5, 5.41) is 14.6. The Kier molecular flexibility index (Phi) is 46.6. The molecule has 0 aromatic carbocycles. The van der Waals surface area contributed by atoms with Crippen LogP contribution in [0.15, 0.2) is 0 Å². The second kappa shape index (κ2) is 47.9. The number of carbonyl (C=O) groups is 3. The van der Waals surface area contributed by atoms with Crippen molar-refractivity contribution in [3.63, 3.8) is 0 Å². The van der Waals surface area contributed by atoms with Gasteiger partial charge >= 0.3 is 5.97 Å². The molecule has 0 saturated heterocycles. The molecule has 0 spiro atoms. The third-order valence-electron chi connectivity index (χ3n) is 8.28.